The summed E-state index contributed by atoms with van der Waals surface area (Å²) in [6.45, 7) is 0. The van der Waals surface area contributed by atoms with Crippen LogP contribution >= 0.6 is 23.4 Å². The van der Waals surface area contributed by atoms with Gasteiger partial charge in [0.25, 0.3) is 0 Å². The SMILES string of the molecule is CSC1CC2CCC(C1)N2C(=O)C=Cc1ccccc1Cl. The predicted molar refractivity (Wildman–Crippen MR) is 90.7 cm³/mol. The minimum atomic E-state index is 0.141. The van der Waals surface area contributed by atoms with Gasteiger partial charge < -0.3 is 4.90 Å². The third-order valence-electron chi connectivity index (χ3n) is 4.59. The Hall–Kier alpha value is -0.930. The van der Waals surface area contributed by atoms with Crippen molar-refractivity contribution in [1.29, 1.82) is 0 Å². The molecule has 0 spiro atoms. The second kappa shape index (κ2) is 6.45. The number of halogens is 1. The number of rotatable bonds is 3. The van der Waals surface area contributed by atoms with Crippen molar-refractivity contribution in [2.45, 2.75) is 43.0 Å². The molecule has 0 radical (unpaired) electrons. The minimum Gasteiger partial charge on any atom is -0.333 e. The number of fused-ring (bicyclic) bond motifs is 2. The van der Waals surface area contributed by atoms with Gasteiger partial charge in [0.15, 0.2) is 0 Å². The molecule has 2 fully saturated rings. The fourth-order valence-corrected chi connectivity index (χ4v) is 4.56. The summed E-state index contributed by atoms with van der Waals surface area (Å²) in [5, 5.41) is 1.41. The van der Waals surface area contributed by atoms with Crippen LogP contribution in [-0.2, 0) is 4.79 Å². The van der Waals surface area contributed by atoms with Crippen molar-refractivity contribution in [3.8, 4) is 0 Å². The number of carbonyl (C=O) groups is 1. The maximum absolute atomic E-state index is 12.5. The Balaban J connectivity index is 1.71. The number of thioether (sulfide) groups is 1. The van der Waals surface area contributed by atoms with Gasteiger partial charge >= 0.3 is 0 Å². The third-order valence-corrected chi connectivity index (χ3v) is 5.98. The molecule has 2 nitrogen and oxygen atoms in total. The Labute approximate surface area is 135 Å². The maximum Gasteiger partial charge on any atom is 0.247 e. The number of hydrogen-bond donors (Lipinski definition) is 0. The molecule has 2 bridgehead atoms. The van der Waals surface area contributed by atoms with Crippen LogP contribution in [0.15, 0.2) is 30.3 Å². The van der Waals surface area contributed by atoms with Crippen molar-refractivity contribution in [2.75, 3.05) is 6.26 Å². The molecule has 1 aromatic carbocycles. The Bertz CT molecular complexity index is 545. The summed E-state index contributed by atoms with van der Waals surface area (Å²) in [7, 11) is 0. The molecule has 0 aliphatic carbocycles. The number of carbonyl (C=O) groups excluding carboxylic acids is 1. The van der Waals surface area contributed by atoms with E-state index in [0.29, 0.717) is 17.1 Å². The normalized spacial score (nSPS) is 28.3. The third kappa shape index (κ3) is 3.14. The fraction of sp³-hybridized carbons (Fsp3) is 0.471. The first-order valence-corrected chi connectivity index (χ1v) is 9.13. The van der Waals surface area contributed by atoms with Crippen molar-refractivity contribution < 1.29 is 4.79 Å². The number of amides is 1. The number of piperidine rings is 1. The molecule has 2 atom stereocenters. The van der Waals surface area contributed by atoms with Crippen LogP contribution in [0.3, 0.4) is 0 Å². The molecule has 0 saturated carbocycles. The lowest BCUT2D eigenvalue weighted by Crippen LogP contribution is -2.46. The Kier molecular flexibility index (Phi) is 4.60. The zero-order valence-corrected chi connectivity index (χ0v) is 13.7. The molecule has 2 saturated heterocycles. The van der Waals surface area contributed by atoms with Crippen LogP contribution in [0.2, 0.25) is 5.02 Å². The van der Waals surface area contributed by atoms with Crippen molar-refractivity contribution in [3.05, 3.63) is 40.9 Å². The highest BCUT2D eigenvalue weighted by Crippen LogP contribution is 2.39. The maximum atomic E-state index is 12.5. The topological polar surface area (TPSA) is 20.3 Å². The highest BCUT2D eigenvalue weighted by atomic mass is 35.5. The zero-order valence-electron chi connectivity index (χ0n) is 12.2. The van der Waals surface area contributed by atoms with Crippen molar-refractivity contribution in [1.82, 2.24) is 4.90 Å². The van der Waals surface area contributed by atoms with Gasteiger partial charge in [-0.2, -0.15) is 11.8 Å². The monoisotopic (exact) mass is 321 g/mol. The lowest BCUT2D eigenvalue weighted by atomic mass is 10.0. The first kappa shape index (κ1) is 15.0. The highest BCUT2D eigenvalue weighted by molar-refractivity contribution is 7.99. The highest BCUT2D eigenvalue weighted by Gasteiger charge is 2.42. The van der Waals surface area contributed by atoms with Crippen molar-refractivity contribution in [3.63, 3.8) is 0 Å². The van der Waals surface area contributed by atoms with E-state index in [0.717, 1.165) is 36.5 Å². The van der Waals surface area contributed by atoms with E-state index in [-0.39, 0.29) is 5.91 Å². The molecule has 4 heteroatoms. The molecule has 1 amide bonds. The number of nitrogens with zero attached hydrogens (tertiary/aromatic N) is 1. The van der Waals surface area contributed by atoms with Crippen LogP contribution in [0.1, 0.15) is 31.2 Å². The molecule has 0 N–H and O–H groups in total. The van der Waals surface area contributed by atoms with Crippen LogP contribution in [-0.4, -0.2) is 34.4 Å². The van der Waals surface area contributed by atoms with Crippen LogP contribution in [0.5, 0.6) is 0 Å². The molecule has 1 aromatic rings. The van der Waals surface area contributed by atoms with Gasteiger partial charge in [0, 0.05) is 28.4 Å². The van der Waals surface area contributed by atoms with E-state index in [4.69, 9.17) is 11.6 Å². The van der Waals surface area contributed by atoms with Gasteiger partial charge in [-0.15, -0.1) is 0 Å². The minimum absolute atomic E-state index is 0.141. The van der Waals surface area contributed by atoms with Crippen LogP contribution in [0, 0.1) is 0 Å². The summed E-state index contributed by atoms with van der Waals surface area (Å²) in [5.41, 5.74) is 0.902. The van der Waals surface area contributed by atoms with E-state index >= 15 is 0 Å². The average molecular weight is 322 g/mol. The number of benzene rings is 1. The summed E-state index contributed by atoms with van der Waals surface area (Å²) in [6.07, 6.45) is 10.3. The summed E-state index contributed by atoms with van der Waals surface area (Å²) in [5.74, 6) is 0.141. The van der Waals surface area contributed by atoms with E-state index in [2.05, 4.69) is 11.2 Å². The van der Waals surface area contributed by atoms with Gasteiger partial charge in [-0.05, 0) is 49.6 Å². The molecular weight excluding hydrogens is 302 g/mol. The molecule has 21 heavy (non-hydrogen) atoms. The van der Waals surface area contributed by atoms with E-state index in [9.17, 15) is 4.79 Å². The Morgan fingerprint density at radius 2 is 1.95 bits per heavy atom. The Morgan fingerprint density at radius 1 is 1.29 bits per heavy atom. The average Bonchev–Trinajstić information content (AvgIpc) is 2.76. The summed E-state index contributed by atoms with van der Waals surface area (Å²) in [4.78, 5) is 14.6. The summed E-state index contributed by atoms with van der Waals surface area (Å²) >= 11 is 8.07. The van der Waals surface area contributed by atoms with Crippen LogP contribution in [0.4, 0.5) is 0 Å². The van der Waals surface area contributed by atoms with Gasteiger partial charge in [-0.25, -0.2) is 0 Å². The van der Waals surface area contributed by atoms with Crippen molar-refractivity contribution in [2.24, 2.45) is 0 Å². The molecular formula is C17H20ClNOS. The summed E-state index contributed by atoms with van der Waals surface area (Å²) < 4.78 is 0. The van der Waals surface area contributed by atoms with E-state index in [1.165, 1.54) is 0 Å². The van der Waals surface area contributed by atoms with Gasteiger partial charge in [0.05, 0.1) is 0 Å². The standard InChI is InChI=1S/C17H20ClNOS/c1-21-15-10-13-7-8-14(11-15)19(13)17(20)9-6-12-4-2-3-5-16(12)18/h2-6,9,13-15H,7-8,10-11H2,1H3. The van der Waals surface area contributed by atoms with Crippen molar-refractivity contribution >= 4 is 35.3 Å². The second-order valence-corrected chi connectivity index (χ2v) is 7.36. The Morgan fingerprint density at radius 3 is 2.57 bits per heavy atom. The van der Waals surface area contributed by atoms with Gasteiger partial charge in [-0.1, -0.05) is 29.8 Å². The quantitative estimate of drug-likeness (QED) is 0.776. The van der Waals surface area contributed by atoms with E-state index in [1.54, 1.807) is 6.08 Å². The van der Waals surface area contributed by atoms with Gasteiger partial charge in [-0.3, -0.25) is 4.79 Å². The smallest absolute Gasteiger partial charge is 0.247 e. The predicted octanol–water partition coefficient (Wildman–Crippen LogP) is 4.24. The number of hydrogen-bond acceptors (Lipinski definition) is 2. The largest absolute Gasteiger partial charge is 0.333 e. The molecule has 2 aliphatic rings. The van der Waals surface area contributed by atoms with E-state index < -0.39 is 0 Å². The lowest BCUT2D eigenvalue weighted by Gasteiger charge is -2.37. The molecule has 2 unspecified atom stereocenters. The van der Waals surface area contributed by atoms with Gasteiger partial charge in [0.2, 0.25) is 5.91 Å². The van der Waals surface area contributed by atoms with Crippen LogP contribution in [0.25, 0.3) is 6.08 Å². The van der Waals surface area contributed by atoms with Crippen LogP contribution < -0.4 is 0 Å². The summed E-state index contributed by atoms with van der Waals surface area (Å²) in [6, 6.07) is 8.48. The van der Waals surface area contributed by atoms with Gasteiger partial charge in [0.1, 0.15) is 0 Å². The fourth-order valence-electron chi connectivity index (χ4n) is 3.54. The zero-order chi connectivity index (χ0) is 14.8. The molecule has 112 valence electrons. The molecule has 0 aromatic heterocycles. The lowest BCUT2D eigenvalue weighted by molar-refractivity contribution is -0.129. The molecule has 2 heterocycles. The second-order valence-electron chi connectivity index (χ2n) is 5.81. The molecule has 3 rings (SSSR count). The molecule has 2 aliphatic heterocycles. The van der Waals surface area contributed by atoms with E-state index in [1.807, 2.05) is 42.1 Å². The first-order chi connectivity index (χ1) is 10.2. The first-order valence-electron chi connectivity index (χ1n) is 7.46.